The number of thiazole rings is 1. The molecule has 176 valence electrons. The lowest BCUT2D eigenvalue weighted by atomic mass is 9.96. The van der Waals surface area contributed by atoms with Gasteiger partial charge >= 0.3 is 11.9 Å². The Morgan fingerprint density at radius 1 is 1.39 bits per heavy atom. The molecule has 0 aliphatic carbocycles. The van der Waals surface area contributed by atoms with Crippen LogP contribution in [-0.4, -0.2) is 41.8 Å². The summed E-state index contributed by atoms with van der Waals surface area (Å²) in [6.45, 7) is 3.98. The van der Waals surface area contributed by atoms with Crippen molar-refractivity contribution in [3.63, 3.8) is 0 Å². The van der Waals surface area contributed by atoms with E-state index >= 15 is 0 Å². The molecule has 1 N–H and O–H groups in total. The Morgan fingerprint density at radius 2 is 2.15 bits per heavy atom. The fourth-order valence-corrected chi connectivity index (χ4v) is 4.91. The van der Waals surface area contributed by atoms with Gasteiger partial charge in [-0.3, -0.25) is 9.79 Å². The van der Waals surface area contributed by atoms with Crippen molar-refractivity contribution in [3.05, 3.63) is 62.0 Å². The highest BCUT2D eigenvalue weighted by Gasteiger charge is 2.33. The molecule has 0 fully saturated rings. The third kappa shape index (κ3) is 5.80. The maximum absolute atomic E-state index is 13.7. The predicted molar refractivity (Wildman–Crippen MR) is 128 cm³/mol. The molecular formula is C22H22BrClFN3O4S. The minimum Gasteiger partial charge on any atom is -0.466 e. The lowest BCUT2D eigenvalue weighted by molar-refractivity contribution is -0.143. The van der Waals surface area contributed by atoms with E-state index in [1.54, 1.807) is 6.92 Å². The van der Waals surface area contributed by atoms with Crippen LogP contribution >= 0.6 is 38.9 Å². The predicted octanol–water partition coefficient (Wildman–Crippen LogP) is 4.91. The number of amidine groups is 1. The zero-order chi connectivity index (χ0) is 24.1. The van der Waals surface area contributed by atoms with E-state index in [1.165, 1.54) is 36.6 Å². The highest BCUT2D eigenvalue weighted by atomic mass is 79.9. The minimum atomic E-state index is -0.821. The molecule has 0 saturated carbocycles. The summed E-state index contributed by atoms with van der Waals surface area (Å²) < 4.78 is 23.6. The van der Waals surface area contributed by atoms with Crippen LogP contribution in [0.4, 0.5) is 4.39 Å². The molecule has 0 radical (unpaired) electrons. The second-order valence-electron chi connectivity index (χ2n) is 7.18. The molecule has 0 spiro atoms. The first-order valence-electron chi connectivity index (χ1n) is 10.1. The van der Waals surface area contributed by atoms with Crippen LogP contribution in [-0.2, 0) is 19.1 Å². The van der Waals surface area contributed by atoms with Gasteiger partial charge in [-0.2, -0.15) is 0 Å². The molecule has 3 rings (SSSR count). The van der Waals surface area contributed by atoms with Gasteiger partial charge in [-0.1, -0.05) is 40.5 Å². The normalized spacial score (nSPS) is 16.7. The van der Waals surface area contributed by atoms with Crippen molar-refractivity contribution in [1.29, 1.82) is 0 Å². The van der Waals surface area contributed by atoms with Crippen molar-refractivity contribution < 1.29 is 23.5 Å². The molecule has 1 aromatic heterocycles. The van der Waals surface area contributed by atoms with Crippen LogP contribution in [0.1, 0.15) is 48.5 Å². The number of rotatable bonds is 8. The number of carbonyl (C=O) groups is 2. The number of allylic oxidation sites excluding steroid dienone is 1. The number of ether oxygens (including phenoxy) is 2. The van der Waals surface area contributed by atoms with Crippen molar-refractivity contribution in [1.82, 2.24) is 10.3 Å². The highest BCUT2D eigenvalue weighted by molar-refractivity contribution is 9.09. The Labute approximate surface area is 208 Å². The van der Waals surface area contributed by atoms with Gasteiger partial charge in [0.25, 0.3) is 0 Å². The van der Waals surface area contributed by atoms with Crippen LogP contribution in [0.15, 0.2) is 39.8 Å². The number of hydrogen-bond acceptors (Lipinski definition) is 8. The highest BCUT2D eigenvalue weighted by Crippen LogP contribution is 2.37. The summed E-state index contributed by atoms with van der Waals surface area (Å²) in [6, 6.07) is 3.12. The van der Waals surface area contributed by atoms with E-state index in [0.29, 0.717) is 34.0 Å². The van der Waals surface area contributed by atoms with Gasteiger partial charge in [0.05, 0.1) is 31.4 Å². The number of hydrogen-bond donors (Lipinski definition) is 1. The lowest BCUT2D eigenvalue weighted by Crippen LogP contribution is -2.34. The van der Waals surface area contributed by atoms with Crippen molar-refractivity contribution >= 4 is 56.6 Å². The number of aliphatic imine (C=N–C) groups is 1. The SMILES string of the molecule is CCOC(=O)CC(C)c1csc(C2=NC(c3ccc(F)cc3Cl)C(C(=O)OC)=C(CBr)N2)n1. The van der Waals surface area contributed by atoms with Crippen LogP contribution < -0.4 is 5.32 Å². The van der Waals surface area contributed by atoms with E-state index < -0.39 is 17.8 Å². The number of methoxy groups -OCH3 is 1. The molecular weight excluding hydrogens is 537 g/mol. The first kappa shape index (κ1) is 25.3. The quantitative estimate of drug-likeness (QED) is 0.366. The second kappa shape index (κ2) is 11.2. The van der Waals surface area contributed by atoms with Crippen molar-refractivity contribution in [2.75, 3.05) is 19.0 Å². The van der Waals surface area contributed by atoms with Crippen LogP contribution in [0.2, 0.25) is 5.02 Å². The number of nitrogens with one attached hydrogen (secondary N) is 1. The van der Waals surface area contributed by atoms with E-state index in [9.17, 15) is 14.0 Å². The Morgan fingerprint density at radius 3 is 2.79 bits per heavy atom. The number of aromatic nitrogens is 1. The third-order valence-electron chi connectivity index (χ3n) is 4.93. The lowest BCUT2D eigenvalue weighted by Gasteiger charge is -2.26. The molecule has 0 bridgehead atoms. The van der Waals surface area contributed by atoms with E-state index in [4.69, 9.17) is 26.1 Å². The number of alkyl halides is 1. The molecule has 0 saturated heterocycles. The maximum atomic E-state index is 13.7. The molecule has 1 aromatic carbocycles. The summed E-state index contributed by atoms with van der Waals surface area (Å²) in [4.78, 5) is 33.8. The van der Waals surface area contributed by atoms with Gasteiger partial charge in [-0.05, 0) is 19.1 Å². The van der Waals surface area contributed by atoms with Gasteiger partial charge in [-0.15, -0.1) is 11.3 Å². The first-order valence-corrected chi connectivity index (χ1v) is 12.4. The molecule has 1 aliphatic heterocycles. The Bertz CT molecular complexity index is 1120. The van der Waals surface area contributed by atoms with E-state index in [2.05, 4.69) is 26.2 Å². The molecule has 1 aliphatic rings. The van der Waals surface area contributed by atoms with Crippen LogP contribution in [0.5, 0.6) is 0 Å². The molecule has 11 heteroatoms. The molecule has 2 unspecified atom stereocenters. The molecule has 2 aromatic rings. The van der Waals surface area contributed by atoms with Crippen LogP contribution in [0.3, 0.4) is 0 Å². The molecule has 33 heavy (non-hydrogen) atoms. The Kier molecular flexibility index (Phi) is 8.61. The van der Waals surface area contributed by atoms with Gasteiger partial charge in [0.15, 0.2) is 10.8 Å². The number of nitrogens with zero attached hydrogens (tertiary/aromatic N) is 2. The number of benzene rings is 1. The first-order chi connectivity index (χ1) is 15.8. The molecule has 0 amide bonds. The summed E-state index contributed by atoms with van der Waals surface area (Å²) in [5.74, 6) is -1.07. The average Bonchev–Trinajstić information content (AvgIpc) is 3.28. The summed E-state index contributed by atoms with van der Waals surface area (Å²) in [6.07, 6.45) is 0.212. The van der Waals surface area contributed by atoms with E-state index in [0.717, 1.165) is 5.69 Å². The second-order valence-corrected chi connectivity index (χ2v) is 9.00. The van der Waals surface area contributed by atoms with E-state index in [-0.39, 0.29) is 28.9 Å². The van der Waals surface area contributed by atoms with Crippen LogP contribution in [0, 0.1) is 5.82 Å². The fourth-order valence-electron chi connectivity index (χ4n) is 3.30. The molecule has 7 nitrogen and oxygen atoms in total. The summed E-state index contributed by atoms with van der Waals surface area (Å²) in [5.41, 5.74) is 1.99. The summed E-state index contributed by atoms with van der Waals surface area (Å²) in [5, 5.41) is 6.03. The zero-order valence-electron chi connectivity index (χ0n) is 18.2. The molecule has 2 heterocycles. The summed E-state index contributed by atoms with van der Waals surface area (Å²) >= 11 is 11.1. The largest absolute Gasteiger partial charge is 0.466 e. The monoisotopic (exact) mass is 557 g/mol. The van der Waals surface area contributed by atoms with Gasteiger partial charge in [0, 0.05) is 32.9 Å². The maximum Gasteiger partial charge on any atom is 0.338 e. The Hall–Kier alpha value is -2.30. The van der Waals surface area contributed by atoms with Gasteiger partial charge < -0.3 is 14.8 Å². The Balaban J connectivity index is 2.00. The van der Waals surface area contributed by atoms with Crippen molar-refractivity contribution in [3.8, 4) is 0 Å². The number of carbonyl (C=O) groups excluding carboxylic acids is 2. The molecule has 2 atom stereocenters. The number of esters is 2. The van der Waals surface area contributed by atoms with Crippen molar-refractivity contribution in [2.45, 2.75) is 32.2 Å². The average molecular weight is 559 g/mol. The third-order valence-corrected chi connectivity index (χ3v) is 6.68. The van der Waals surface area contributed by atoms with Crippen LogP contribution in [0.25, 0.3) is 0 Å². The standard InChI is InChI=1S/C22H22BrClFN3O4S/c1-4-32-17(29)7-11(2)16-10-33-21(27-16)20-26-15(9-23)18(22(30)31-3)19(28-20)13-6-5-12(25)8-14(13)24/h5-6,8,10-11,19H,4,7,9H2,1-3H3,(H,26,28). The topological polar surface area (TPSA) is 89.9 Å². The van der Waals surface area contributed by atoms with Gasteiger partial charge in [-0.25, -0.2) is 14.2 Å². The fraction of sp³-hybridized carbons (Fsp3) is 0.364. The van der Waals surface area contributed by atoms with Gasteiger partial charge in [0.1, 0.15) is 11.9 Å². The minimum absolute atomic E-state index is 0.141. The number of halogens is 3. The van der Waals surface area contributed by atoms with Gasteiger partial charge in [0.2, 0.25) is 0 Å². The zero-order valence-corrected chi connectivity index (χ0v) is 21.3. The van der Waals surface area contributed by atoms with E-state index in [1.807, 2.05) is 12.3 Å². The summed E-state index contributed by atoms with van der Waals surface area (Å²) in [7, 11) is 1.28. The smallest absolute Gasteiger partial charge is 0.338 e. The van der Waals surface area contributed by atoms with Crippen molar-refractivity contribution in [2.24, 2.45) is 4.99 Å².